The molecule has 6 nitrogen and oxygen atoms in total. The predicted molar refractivity (Wildman–Crippen MR) is 106 cm³/mol. The Morgan fingerprint density at radius 1 is 0.929 bits per heavy atom. The number of primary amides is 1. The first-order valence-corrected chi connectivity index (χ1v) is 10.1. The van der Waals surface area contributed by atoms with Gasteiger partial charge in [-0.1, -0.05) is 60.7 Å². The van der Waals surface area contributed by atoms with E-state index in [1.807, 2.05) is 30.3 Å². The van der Waals surface area contributed by atoms with Crippen LogP contribution in [-0.2, 0) is 14.8 Å². The van der Waals surface area contributed by atoms with Crippen LogP contribution in [0.25, 0.3) is 11.1 Å². The van der Waals surface area contributed by atoms with Gasteiger partial charge in [0.15, 0.2) is 6.10 Å². The lowest BCUT2D eigenvalue weighted by Gasteiger charge is -2.34. The molecule has 0 spiro atoms. The van der Waals surface area contributed by atoms with Crippen LogP contribution in [0.4, 0.5) is 5.69 Å². The number of carbonyl (C=O) groups is 1. The fraction of sp³-hybridized carbons (Fsp3) is 0.0952. The number of para-hydroxylation sites is 2. The molecule has 3 aromatic carbocycles. The van der Waals surface area contributed by atoms with E-state index in [0.29, 0.717) is 17.0 Å². The summed E-state index contributed by atoms with van der Waals surface area (Å²) in [4.78, 5) is 11.9. The molecule has 3 aromatic rings. The smallest absolute Gasteiger partial charge is 0.265 e. The van der Waals surface area contributed by atoms with Gasteiger partial charge in [0.2, 0.25) is 0 Å². The topological polar surface area (TPSA) is 89.7 Å². The van der Waals surface area contributed by atoms with Gasteiger partial charge in [-0.15, -0.1) is 0 Å². The molecule has 4 rings (SSSR count). The van der Waals surface area contributed by atoms with Crippen LogP contribution in [0.5, 0.6) is 5.75 Å². The Kier molecular flexibility index (Phi) is 4.52. The van der Waals surface area contributed by atoms with E-state index >= 15 is 0 Å². The van der Waals surface area contributed by atoms with Gasteiger partial charge in [0, 0.05) is 5.56 Å². The van der Waals surface area contributed by atoms with Crippen LogP contribution >= 0.6 is 0 Å². The summed E-state index contributed by atoms with van der Waals surface area (Å²) in [5.41, 5.74) is 7.15. The summed E-state index contributed by atoms with van der Waals surface area (Å²) in [5.74, 6) is -0.413. The third-order valence-corrected chi connectivity index (χ3v) is 6.43. The number of rotatable bonds is 4. The zero-order valence-corrected chi connectivity index (χ0v) is 15.7. The van der Waals surface area contributed by atoms with Crippen molar-refractivity contribution >= 4 is 21.6 Å². The highest BCUT2D eigenvalue weighted by atomic mass is 32.2. The Bertz CT molecular complexity index is 1130. The van der Waals surface area contributed by atoms with E-state index in [9.17, 15) is 13.2 Å². The highest BCUT2D eigenvalue weighted by Crippen LogP contribution is 2.38. The van der Waals surface area contributed by atoms with Crippen LogP contribution in [0.1, 0.15) is 0 Å². The van der Waals surface area contributed by atoms with E-state index in [-0.39, 0.29) is 11.4 Å². The quantitative estimate of drug-likeness (QED) is 0.737. The SMILES string of the molecule is NC(=O)[C@H]1CN(S(=O)(=O)c2ccccc2-c2ccccc2)c2ccccc2O1. The van der Waals surface area contributed by atoms with E-state index in [1.165, 1.54) is 4.31 Å². The molecule has 0 bridgehead atoms. The summed E-state index contributed by atoms with van der Waals surface area (Å²) < 4.78 is 34.0. The predicted octanol–water partition coefficient (Wildman–Crippen LogP) is 2.80. The lowest BCUT2D eigenvalue weighted by Crippen LogP contribution is -2.49. The number of carbonyl (C=O) groups excluding carboxylic acids is 1. The van der Waals surface area contributed by atoms with Crippen LogP contribution in [0.3, 0.4) is 0 Å². The Balaban J connectivity index is 1.87. The molecule has 0 saturated carbocycles. The molecular weight excluding hydrogens is 376 g/mol. The van der Waals surface area contributed by atoms with Gasteiger partial charge in [-0.25, -0.2) is 8.42 Å². The van der Waals surface area contributed by atoms with Crippen LogP contribution in [0, 0.1) is 0 Å². The average molecular weight is 394 g/mol. The summed E-state index contributed by atoms with van der Waals surface area (Å²) in [7, 11) is -3.98. The maximum absolute atomic E-state index is 13.6. The van der Waals surface area contributed by atoms with Gasteiger partial charge in [0.25, 0.3) is 15.9 Å². The standard InChI is InChI=1S/C21H18N2O4S/c22-21(24)19-14-23(17-11-5-6-12-18(17)27-19)28(25,26)20-13-7-4-10-16(20)15-8-2-1-3-9-15/h1-13,19H,14H2,(H2,22,24)/t19-/m1/s1. The zero-order chi connectivity index (χ0) is 19.7. The van der Waals surface area contributed by atoms with Crippen molar-refractivity contribution in [1.29, 1.82) is 0 Å². The van der Waals surface area contributed by atoms with Crippen LogP contribution in [0.15, 0.2) is 83.8 Å². The second-order valence-corrected chi connectivity index (χ2v) is 8.21. The van der Waals surface area contributed by atoms with Gasteiger partial charge in [0.1, 0.15) is 5.75 Å². The maximum Gasteiger partial charge on any atom is 0.265 e. The van der Waals surface area contributed by atoms with Crippen molar-refractivity contribution in [1.82, 2.24) is 0 Å². The fourth-order valence-electron chi connectivity index (χ4n) is 3.24. The molecule has 1 aliphatic rings. The van der Waals surface area contributed by atoms with Crippen molar-refractivity contribution in [3.63, 3.8) is 0 Å². The Hall–Kier alpha value is -3.32. The van der Waals surface area contributed by atoms with E-state index in [1.54, 1.807) is 48.5 Å². The van der Waals surface area contributed by atoms with Gasteiger partial charge in [0.05, 0.1) is 17.1 Å². The van der Waals surface area contributed by atoms with Crippen molar-refractivity contribution in [3.8, 4) is 16.9 Å². The van der Waals surface area contributed by atoms with Crippen molar-refractivity contribution in [3.05, 3.63) is 78.9 Å². The lowest BCUT2D eigenvalue weighted by molar-refractivity contribution is -0.124. The molecule has 142 valence electrons. The highest BCUT2D eigenvalue weighted by molar-refractivity contribution is 7.93. The van der Waals surface area contributed by atoms with E-state index in [4.69, 9.17) is 10.5 Å². The molecule has 0 fully saturated rings. The molecule has 0 aromatic heterocycles. The minimum atomic E-state index is -3.98. The minimum Gasteiger partial charge on any atom is -0.476 e. The molecule has 1 amide bonds. The minimum absolute atomic E-state index is 0.154. The number of nitrogens with two attached hydrogens (primary N) is 1. The van der Waals surface area contributed by atoms with Gasteiger partial charge in [-0.05, 0) is 23.8 Å². The normalized spacial score (nSPS) is 16.1. The molecule has 1 aliphatic heterocycles. The van der Waals surface area contributed by atoms with E-state index < -0.39 is 22.0 Å². The zero-order valence-electron chi connectivity index (χ0n) is 14.9. The first-order valence-electron chi connectivity index (χ1n) is 8.70. The summed E-state index contributed by atoms with van der Waals surface area (Å²) in [5, 5.41) is 0. The highest BCUT2D eigenvalue weighted by Gasteiger charge is 2.37. The monoisotopic (exact) mass is 394 g/mol. The summed E-state index contributed by atoms with van der Waals surface area (Å²) in [6.07, 6.45) is -1.06. The molecule has 1 heterocycles. The number of hydrogen-bond acceptors (Lipinski definition) is 4. The number of benzene rings is 3. The Morgan fingerprint density at radius 2 is 1.57 bits per heavy atom. The Morgan fingerprint density at radius 3 is 2.32 bits per heavy atom. The maximum atomic E-state index is 13.6. The molecule has 0 unspecified atom stereocenters. The molecule has 0 saturated heterocycles. The van der Waals surface area contributed by atoms with Gasteiger partial charge in [-0.3, -0.25) is 9.10 Å². The second-order valence-electron chi connectivity index (χ2n) is 6.37. The van der Waals surface area contributed by atoms with Crippen LogP contribution < -0.4 is 14.8 Å². The molecule has 28 heavy (non-hydrogen) atoms. The molecule has 0 radical (unpaired) electrons. The number of ether oxygens (including phenoxy) is 1. The largest absolute Gasteiger partial charge is 0.476 e. The first-order chi connectivity index (χ1) is 13.5. The van der Waals surface area contributed by atoms with Gasteiger partial charge < -0.3 is 10.5 Å². The molecule has 0 aliphatic carbocycles. The van der Waals surface area contributed by atoms with Crippen molar-refractivity contribution in [2.45, 2.75) is 11.0 Å². The van der Waals surface area contributed by atoms with Crippen molar-refractivity contribution in [2.75, 3.05) is 10.8 Å². The summed E-state index contributed by atoms with van der Waals surface area (Å²) in [6.45, 7) is -0.183. The van der Waals surface area contributed by atoms with Crippen molar-refractivity contribution in [2.24, 2.45) is 5.73 Å². The average Bonchev–Trinajstić information content (AvgIpc) is 2.73. The lowest BCUT2D eigenvalue weighted by atomic mass is 10.1. The van der Waals surface area contributed by atoms with Gasteiger partial charge in [-0.2, -0.15) is 0 Å². The number of nitrogens with zero attached hydrogens (tertiary/aromatic N) is 1. The van der Waals surface area contributed by atoms with Crippen LogP contribution in [0.2, 0.25) is 0 Å². The van der Waals surface area contributed by atoms with E-state index in [2.05, 4.69) is 0 Å². The fourth-order valence-corrected chi connectivity index (χ4v) is 4.94. The van der Waals surface area contributed by atoms with Gasteiger partial charge >= 0.3 is 0 Å². The number of anilines is 1. The number of fused-ring (bicyclic) bond motifs is 1. The number of sulfonamides is 1. The van der Waals surface area contributed by atoms with Crippen LogP contribution in [-0.4, -0.2) is 27.0 Å². The molecule has 2 N–H and O–H groups in total. The Labute approximate surface area is 163 Å². The van der Waals surface area contributed by atoms with Crippen molar-refractivity contribution < 1.29 is 17.9 Å². The number of hydrogen-bond donors (Lipinski definition) is 1. The second kappa shape index (κ2) is 7.01. The summed E-state index contributed by atoms with van der Waals surface area (Å²) >= 11 is 0. The third kappa shape index (κ3) is 3.10. The summed E-state index contributed by atoms with van der Waals surface area (Å²) in [6, 6.07) is 22.8. The van der Waals surface area contributed by atoms with E-state index in [0.717, 1.165) is 5.56 Å². The third-order valence-electron chi connectivity index (χ3n) is 4.59. The molecule has 7 heteroatoms. The first kappa shape index (κ1) is 18.1. The number of amides is 1. The molecule has 1 atom stereocenters. The molecular formula is C21H18N2O4S.